The Morgan fingerprint density at radius 3 is 1.85 bits per heavy atom. The van der Waals surface area contributed by atoms with Crippen LogP contribution in [0.15, 0.2) is 0 Å². The Morgan fingerprint density at radius 1 is 0.787 bits per heavy atom. The number of rotatable bonds is 12. The van der Waals surface area contributed by atoms with Gasteiger partial charge in [-0.05, 0) is 50.4 Å². The van der Waals surface area contributed by atoms with Gasteiger partial charge in [0.15, 0.2) is 18.8 Å². The normalized spacial score (nSPS) is 42.1. The third-order valence-corrected chi connectivity index (χ3v) is 14.8. The first-order valence-electron chi connectivity index (χ1n) is 20.3. The predicted molar refractivity (Wildman–Crippen MR) is 202 cm³/mol. The van der Waals surface area contributed by atoms with E-state index < -0.39 is 154 Å². The van der Waals surface area contributed by atoms with E-state index in [0.29, 0.717) is 6.29 Å². The van der Waals surface area contributed by atoms with Crippen molar-refractivity contribution in [3.63, 3.8) is 0 Å². The maximum atomic E-state index is 14.1. The van der Waals surface area contributed by atoms with Crippen LogP contribution in [0.3, 0.4) is 0 Å². The minimum absolute atomic E-state index is 0.00905. The van der Waals surface area contributed by atoms with Crippen LogP contribution in [-0.2, 0) is 85.8 Å². The Hall–Kier alpha value is -4.65. The molecule has 19 heteroatoms. The summed E-state index contributed by atoms with van der Waals surface area (Å²) in [6.07, 6.45) is -8.45. The molecule has 19 nitrogen and oxygen atoms in total. The molecule has 1 N–H and O–H groups in total. The number of hydrogen-bond acceptors (Lipinski definition) is 19. The molecule has 0 spiro atoms. The van der Waals surface area contributed by atoms with Gasteiger partial charge in [-0.15, -0.1) is 0 Å². The lowest BCUT2D eigenvalue weighted by Gasteiger charge is -2.74. The SMILES string of the molecule is COC(=O)[C@@]12OC1[C@@H](C)C[C@@]1(O)[C@@H]3CC[C@@]4(C)[C@H](C=O)[C@@](COC(=O)COC(C)=O)(C(C)OC(C)=O)[C@@H](OC(C)=O)[C@@H](OC(C)=O)[C@@H]4[C@@]3(C)[C@H](OC(C)=O)[C@H](OC(C)=O)[C@@]21C. The van der Waals surface area contributed by atoms with Gasteiger partial charge in [-0.1, -0.05) is 20.8 Å². The highest BCUT2D eigenvalue weighted by molar-refractivity contribution is 5.86. The number of epoxide rings is 1. The maximum absolute atomic E-state index is 14.1. The lowest BCUT2D eigenvalue weighted by molar-refractivity contribution is -0.360. The first-order valence-corrected chi connectivity index (χ1v) is 20.3. The molecule has 5 fully saturated rings. The quantitative estimate of drug-likeness (QED) is 0.127. The third-order valence-electron chi connectivity index (χ3n) is 14.8. The van der Waals surface area contributed by atoms with Crippen LogP contribution in [0.4, 0.5) is 0 Å². The number of carbonyl (C=O) groups is 9. The largest absolute Gasteiger partial charge is 0.467 e. The van der Waals surface area contributed by atoms with Crippen LogP contribution >= 0.6 is 0 Å². The van der Waals surface area contributed by atoms with Gasteiger partial charge in [-0.3, -0.25) is 28.8 Å². The van der Waals surface area contributed by atoms with Gasteiger partial charge in [0, 0.05) is 58.8 Å². The molecule has 1 saturated heterocycles. The molecular formula is C42H58O19. The van der Waals surface area contributed by atoms with Crippen molar-refractivity contribution in [1.82, 2.24) is 0 Å². The highest BCUT2D eigenvalue weighted by Gasteiger charge is 2.91. The zero-order valence-electron chi connectivity index (χ0n) is 36.7. The summed E-state index contributed by atoms with van der Waals surface area (Å²) in [5.74, 6) is -11.5. The highest BCUT2D eigenvalue weighted by atomic mass is 16.7. The van der Waals surface area contributed by atoms with Crippen molar-refractivity contribution < 1.29 is 90.9 Å². The van der Waals surface area contributed by atoms with Crippen molar-refractivity contribution >= 4 is 54.0 Å². The Kier molecular flexibility index (Phi) is 12.6. The number of hydrogen-bond donors (Lipinski definition) is 1. The Balaban J connectivity index is 1.89. The second kappa shape index (κ2) is 16.2. The fourth-order valence-electron chi connectivity index (χ4n) is 12.9. The topological polar surface area (TPSA) is 260 Å². The van der Waals surface area contributed by atoms with Crippen molar-refractivity contribution in [2.45, 2.75) is 143 Å². The molecule has 1 aliphatic heterocycles. The molecule has 0 aromatic heterocycles. The molecule has 4 aliphatic carbocycles. The third kappa shape index (κ3) is 6.97. The van der Waals surface area contributed by atoms with Crippen LogP contribution in [0.25, 0.3) is 0 Å². The molecule has 5 aliphatic rings. The number of esters is 8. The van der Waals surface area contributed by atoms with Crippen molar-refractivity contribution in [3.8, 4) is 0 Å². The van der Waals surface area contributed by atoms with Crippen LogP contribution in [0.2, 0.25) is 0 Å². The van der Waals surface area contributed by atoms with E-state index in [2.05, 4.69) is 0 Å². The molecular weight excluding hydrogens is 808 g/mol. The molecule has 0 aromatic carbocycles. The van der Waals surface area contributed by atoms with Gasteiger partial charge in [0.25, 0.3) is 0 Å². The predicted octanol–water partition coefficient (Wildman–Crippen LogP) is 1.73. The summed E-state index contributed by atoms with van der Waals surface area (Å²) in [5, 5.41) is 13.7. The van der Waals surface area contributed by atoms with Gasteiger partial charge in [-0.25, -0.2) is 9.59 Å². The van der Waals surface area contributed by atoms with Crippen LogP contribution < -0.4 is 0 Å². The first kappa shape index (κ1) is 47.4. The number of carbonyl (C=O) groups excluding carboxylic acids is 9. The van der Waals surface area contributed by atoms with E-state index in [1.54, 1.807) is 20.8 Å². The van der Waals surface area contributed by atoms with Crippen molar-refractivity contribution in [2.75, 3.05) is 20.3 Å². The monoisotopic (exact) mass is 866 g/mol. The molecule has 4 saturated carbocycles. The molecule has 61 heavy (non-hydrogen) atoms. The van der Waals surface area contributed by atoms with Crippen molar-refractivity contribution in [1.29, 1.82) is 0 Å². The van der Waals surface area contributed by atoms with Gasteiger partial charge in [-0.2, -0.15) is 0 Å². The van der Waals surface area contributed by atoms with Crippen LogP contribution in [0.1, 0.15) is 95.4 Å². The second-order valence-corrected chi connectivity index (χ2v) is 18.1. The first-order chi connectivity index (χ1) is 28.2. The summed E-state index contributed by atoms with van der Waals surface area (Å²) >= 11 is 0. The maximum Gasteiger partial charge on any atom is 0.344 e. The standard InChI is InChI=1S/C42H58O19/c1-19-15-41(52)27-13-14-37(9)28(16-43)40(20(2)56-22(4)45,18-55-29(50)17-54-21(3)44)33(58-24(6)47)30(57-23(5)46)31(37)38(27,10)34(59-25(7)48)35(60-26(8)49)39(41,11)42(32(19)61-42)36(51)53-12/h16,19-20,27-28,30-35,52H,13-15,17-18H2,1-12H3/t19-,20?,27+,28-,30-,31-,32?,33-,34+,35-,37-,38-,39+,40+,41+,42-/m0/s1. The lowest BCUT2D eigenvalue weighted by atomic mass is 9.31. The molecule has 0 aromatic rings. The molecule has 1 heterocycles. The molecule has 0 radical (unpaired) electrons. The van der Waals surface area contributed by atoms with Crippen LogP contribution in [-0.4, -0.2) is 127 Å². The van der Waals surface area contributed by atoms with E-state index >= 15 is 0 Å². The van der Waals surface area contributed by atoms with Crippen LogP contribution in [0.5, 0.6) is 0 Å². The average Bonchev–Trinajstić information content (AvgIpc) is 3.91. The van der Waals surface area contributed by atoms with Gasteiger partial charge in [0.05, 0.1) is 23.5 Å². The zero-order valence-corrected chi connectivity index (χ0v) is 36.7. The summed E-state index contributed by atoms with van der Waals surface area (Å²) in [4.78, 5) is 119. The van der Waals surface area contributed by atoms with E-state index in [9.17, 15) is 48.3 Å². The summed E-state index contributed by atoms with van der Waals surface area (Å²) < 4.78 is 52.5. The lowest BCUT2D eigenvalue weighted by Crippen LogP contribution is -2.84. The van der Waals surface area contributed by atoms with Crippen LogP contribution in [0, 0.1) is 45.3 Å². The minimum Gasteiger partial charge on any atom is -0.467 e. The van der Waals surface area contributed by atoms with Gasteiger partial charge in [0.2, 0.25) is 5.60 Å². The highest BCUT2D eigenvalue weighted by Crippen LogP contribution is 2.78. The van der Waals surface area contributed by atoms with Gasteiger partial charge < -0.3 is 52.5 Å². The van der Waals surface area contributed by atoms with Crippen molar-refractivity contribution in [2.24, 2.45) is 45.3 Å². The van der Waals surface area contributed by atoms with E-state index in [1.807, 2.05) is 0 Å². The number of fused-ring (bicyclic) bond motifs is 7. The molecule has 5 rings (SSSR count). The van der Waals surface area contributed by atoms with E-state index in [4.69, 9.17) is 42.6 Å². The number of ether oxygens (including phenoxy) is 9. The molecule has 0 bridgehead atoms. The summed E-state index contributed by atoms with van der Waals surface area (Å²) in [6.45, 7) is 12.9. The Labute approximate surface area is 353 Å². The molecule has 340 valence electrons. The molecule has 2 unspecified atom stereocenters. The Morgan fingerprint density at radius 2 is 1.34 bits per heavy atom. The summed E-state index contributed by atoms with van der Waals surface area (Å²) in [7, 11) is 1.15. The summed E-state index contributed by atoms with van der Waals surface area (Å²) in [5.41, 5.74) is -11.1. The fourth-order valence-corrected chi connectivity index (χ4v) is 12.9. The Bertz CT molecular complexity index is 1860. The number of methoxy groups -OCH3 is 1. The zero-order chi connectivity index (χ0) is 46.0. The minimum atomic E-state index is -2.05. The summed E-state index contributed by atoms with van der Waals surface area (Å²) in [6, 6.07) is 0. The van der Waals surface area contributed by atoms with Crippen molar-refractivity contribution in [3.05, 3.63) is 0 Å². The molecule has 0 amide bonds. The van der Waals surface area contributed by atoms with E-state index in [0.717, 1.165) is 48.7 Å². The smallest absolute Gasteiger partial charge is 0.344 e. The van der Waals surface area contributed by atoms with Gasteiger partial charge >= 0.3 is 47.8 Å². The fraction of sp³-hybridized carbons (Fsp3) is 0.786. The second-order valence-electron chi connectivity index (χ2n) is 18.1. The average molecular weight is 867 g/mol. The van der Waals surface area contributed by atoms with E-state index in [1.165, 1.54) is 13.8 Å². The molecule has 16 atom stereocenters. The number of aldehydes is 1. The van der Waals surface area contributed by atoms with Gasteiger partial charge in [0.1, 0.15) is 37.3 Å². The number of aliphatic hydroxyl groups is 1. The van der Waals surface area contributed by atoms with E-state index in [-0.39, 0.29) is 19.3 Å².